The summed E-state index contributed by atoms with van der Waals surface area (Å²) in [5.74, 6) is 0. The second kappa shape index (κ2) is 12.5. The van der Waals surface area contributed by atoms with Gasteiger partial charge in [-0.05, 0) is 86.1 Å². The molecule has 0 unspecified atom stereocenters. The molecule has 0 bridgehead atoms. The normalized spacial score (nSPS) is 11.9. The van der Waals surface area contributed by atoms with E-state index >= 15 is 0 Å². The molecule has 3 nitrogen and oxygen atoms in total. The molecule has 0 fully saturated rings. The highest BCUT2D eigenvalue weighted by Gasteiger charge is 2.24. The SMILES string of the molecule is c1ccc(-c2ccc(-c3ccc(N(c4ccc5c(ccc6ccccc65)c4)c4cccc5c4oc4ccccc45)c4ccccc34)c3c2oc2ccccc23)cc1. The number of rotatable bonds is 5. The highest BCUT2D eigenvalue weighted by Crippen LogP contribution is 2.48. The summed E-state index contributed by atoms with van der Waals surface area (Å²) in [4.78, 5) is 2.38. The van der Waals surface area contributed by atoms with Crippen LogP contribution in [0.25, 0.3) is 98.4 Å². The van der Waals surface area contributed by atoms with Gasteiger partial charge in [-0.3, -0.25) is 0 Å². The van der Waals surface area contributed by atoms with Crippen molar-refractivity contribution in [3.63, 3.8) is 0 Å². The zero-order valence-electron chi connectivity index (χ0n) is 30.8. The van der Waals surface area contributed by atoms with Crippen LogP contribution in [0.3, 0.4) is 0 Å². The van der Waals surface area contributed by atoms with Crippen LogP contribution in [0.2, 0.25) is 0 Å². The summed E-state index contributed by atoms with van der Waals surface area (Å²) in [6, 6.07) is 71.5. The smallest absolute Gasteiger partial charge is 0.159 e. The van der Waals surface area contributed by atoms with Gasteiger partial charge in [-0.2, -0.15) is 0 Å². The molecule has 0 aliphatic carbocycles. The number of nitrogens with zero attached hydrogens (tertiary/aromatic N) is 1. The zero-order valence-corrected chi connectivity index (χ0v) is 30.8. The van der Waals surface area contributed by atoms with Crippen molar-refractivity contribution < 1.29 is 8.83 Å². The lowest BCUT2D eigenvalue weighted by Crippen LogP contribution is -2.11. The van der Waals surface area contributed by atoms with Crippen molar-refractivity contribution in [2.45, 2.75) is 0 Å². The van der Waals surface area contributed by atoms with Crippen LogP contribution in [-0.4, -0.2) is 0 Å². The van der Waals surface area contributed by atoms with E-state index in [2.05, 4.69) is 193 Å². The second-order valence-electron chi connectivity index (χ2n) is 14.8. The van der Waals surface area contributed by atoms with Gasteiger partial charge in [0.2, 0.25) is 0 Å². The minimum Gasteiger partial charge on any atom is -0.455 e. The molecular weight excluding hydrogens is 695 g/mol. The molecule has 2 aromatic heterocycles. The molecule has 0 saturated heterocycles. The lowest BCUT2D eigenvalue weighted by Gasteiger charge is -2.28. The van der Waals surface area contributed by atoms with Gasteiger partial charge < -0.3 is 13.7 Å². The van der Waals surface area contributed by atoms with Gasteiger partial charge in [0.15, 0.2) is 5.58 Å². The first kappa shape index (κ1) is 31.7. The molecule has 266 valence electrons. The fraction of sp³-hybridized carbons (Fsp3) is 0. The molecule has 57 heavy (non-hydrogen) atoms. The lowest BCUT2D eigenvalue weighted by molar-refractivity contribution is 0.669. The number of benzene rings is 10. The van der Waals surface area contributed by atoms with Gasteiger partial charge in [0, 0.05) is 38.2 Å². The monoisotopic (exact) mass is 727 g/mol. The molecule has 10 aromatic carbocycles. The summed E-state index contributed by atoms with van der Waals surface area (Å²) < 4.78 is 13.4. The Labute approximate surface area is 328 Å². The van der Waals surface area contributed by atoms with Gasteiger partial charge in [-0.25, -0.2) is 0 Å². The van der Waals surface area contributed by atoms with Crippen molar-refractivity contribution in [1.29, 1.82) is 0 Å². The van der Waals surface area contributed by atoms with Gasteiger partial charge in [0.05, 0.1) is 11.4 Å². The van der Waals surface area contributed by atoms with Gasteiger partial charge >= 0.3 is 0 Å². The third kappa shape index (κ3) is 4.86. The number of hydrogen-bond donors (Lipinski definition) is 0. The Hall–Kier alpha value is -7.62. The van der Waals surface area contributed by atoms with Crippen molar-refractivity contribution >= 4 is 93.3 Å². The Bertz CT molecular complexity index is 3540. The van der Waals surface area contributed by atoms with Gasteiger partial charge in [-0.15, -0.1) is 0 Å². The van der Waals surface area contributed by atoms with E-state index in [4.69, 9.17) is 8.83 Å². The van der Waals surface area contributed by atoms with Crippen molar-refractivity contribution in [2.24, 2.45) is 0 Å². The van der Waals surface area contributed by atoms with Crippen molar-refractivity contribution in [1.82, 2.24) is 0 Å². The maximum absolute atomic E-state index is 6.73. The quantitative estimate of drug-likeness (QED) is 0.165. The molecule has 0 atom stereocenters. The van der Waals surface area contributed by atoms with Crippen molar-refractivity contribution in [2.75, 3.05) is 4.90 Å². The maximum Gasteiger partial charge on any atom is 0.159 e. The summed E-state index contributed by atoms with van der Waals surface area (Å²) in [5.41, 5.74) is 11.1. The minimum atomic E-state index is 0.855. The van der Waals surface area contributed by atoms with Crippen LogP contribution in [0, 0.1) is 0 Å². The van der Waals surface area contributed by atoms with Crippen molar-refractivity contribution in [3.05, 3.63) is 200 Å². The Morgan fingerprint density at radius 2 is 0.930 bits per heavy atom. The fourth-order valence-electron chi connectivity index (χ4n) is 9.07. The second-order valence-corrected chi connectivity index (χ2v) is 14.8. The Balaban J connectivity index is 1.13. The van der Waals surface area contributed by atoms with E-state index in [-0.39, 0.29) is 0 Å². The summed E-state index contributed by atoms with van der Waals surface area (Å²) in [5, 5.41) is 11.6. The maximum atomic E-state index is 6.73. The van der Waals surface area contributed by atoms with Gasteiger partial charge in [-0.1, -0.05) is 158 Å². The molecule has 2 heterocycles. The average molecular weight is 728 g/mol. The number of anilines is 3. The van der Waals surface area contributed by atoms with E-state index in [0.29, 0.717) is 0 Å². The van der Waals surface area contributed by atoms with E-state index in [0.717, 1.165) is 94.0 Å². The van der Waals surface area contributed by atoms with Crippen LogP contribution >= 0.6 is 0 Å². The molecule has 0 aliphatic rings. The number of furan rings is 2. The lowest BCUT2D eigenvalue weighted by atomic mass is 9.91. The average Bonchev–Trinajstić information content (AvgIpc) is 3.86. The van der Waals surface area contributed by atoms with Crippen LogP contribution in [0.5, 0.6) is 0 Å². The molecule has 3 heteroatoms. The molecule has 0 aliphatic heterocycles. The molecule has 0 radical (unpaired) electrons. The molecule has 12 aromatic rings. The number of fused-ring (bicyclic) bond motifs is 10. The predicted molar refractivity (Wildman–Crippen MR) is 239 cm³/mol. The summed E-state index contributed by atoms with van der Waals surface area (Å²) >= 11 is 0. The highest BCUT2D eigenvalue weighted by atomic mass is 16.3. The molecule has 12 rings (SSSR count). The van der Waals surface area contributed by atoms with E-state index < -0.39 is 0 Å². The molecular formula is C54H33NO2. The largest absolute Gasteiger partial charge is 0.455 e. The topological polar surface area (TPSA) is 29.5 Å². The van der Waals surface area contributed by atoms with Crippen LogP contribution in [0.4, 0.5) is 17.1 Å². The first-order valence-electron chi connectivity index (χ1n) is 19.4. The van der Waals surface area contributed by atoms with Crippen LogP contribution in [-0.2, 0) is 0 Å². The molecule has 0 amide bonds. The third-order valence-corrected chi connectivity index (χ3v) is 11.7. The Morgan fingerprint density at radius 3 is 1.79 bits per heavy atom. The standard InChI is InChI=1S/C54H33NO2/c1-2-13-34(14-3-1)40-29-30-45(52-47-20-9-11-24-51(47)57-54(40)52)42-31-32-48(43-18-7-6-17-41(42)43)55(49-22-12-21-46-44-19-8-10-23-50(44)56-53(46)49)37-27-28-39-36(33-37)26-25-35-15-4-5-16-38(35)39/h1-33H. The Morgan fingerprint density at radius 1 is 0.316 bits per heavy atom. The first-order valence-corrected chi connectivity index (χ1v) is 19.4. The van der Waals surface area contributed by atoms with E-state index in [1.807, 2.05) is 12.1 Å². The summed E-state index contributed by atoms with van der Waals surface area (Å²) in [6.45, 7) is 0. The van der Waals surface area contributed by atoms with Crippen LogP contribution in [0.15, 0.2) is 209 Å². The zero-order chi connectivity index (χ0) is 37.5. The van der Waals surface area contributed by atoms with E-state index in [9.17, 15) is 0 Å². The Kier molecular flexibility index (Phi) is 6.93. The number of hydrogen-bond acceptors (Lipinski definition) is 3. The predicted octanol–water partition coefficient (Wildman–Crippen LogP) is 15.7. The fourth-order valence-corrected chi connectivity index (χ4v) is 9.07. The van der Waals surface area contributed by atoms with Crippen molar-refractivity contribution in [3.8, 4) is 22.3 Å². The van der Waals surface area contributed by atoms with Gasteiger partial charge in [0.25, 0.3) is 0 Å². The highest BCUT2D eigenvalue weighted by molar-refractivity contribution is 6.20. The third-order valence-electron chi connectivity index (χ3n) is 11.7. The van der Waals surface area contributed by atoms with Crippen LogP contribution < -0.4 is 4.90 Å². The van der Waals surface area contributed by atoms with Crippen LogP contribution in [0.1, 0.15) is 0 Å². The van der Waals surface area contributed by atoms with E-state index in [1.54, 1.807) is 0 Å². The minimum absolute atomic E-state index is 0.855. The first-order chi connectivity index (χ1) is 28.3. The molecule has 0 saturated carbocycles. The number of para-hydroxylation sites is 3. The molecule has 0 spiro atoms. The van der Waals surface area contributed by atoms with Gasteiger partial charge in [0.1, 0.15) is 16.7 Å². The summed E-state index contributed by atoms with van der Waals surface area (Å²) in [6.07, 6.45) is 0. The molecule has 0 N–H and O–H groups in total. The van der Waals surface area contributed by atoms with E-state index in [1.165, 1.54) is 21.5 Å². The summed E-state index contributed by atoms with van der Waals surface area (Å²) in [7, 11) is 0.